The van der Waals surface area contributed by atoms with Gasteiger partial charge in [-0.15, -0.1) is 0 Å². The van der Waals surface area contributed by atoms with Crippen LogP contribution in [0, 0.1) is 0 Å². The fourth-order valence-electron chi connectivity index (χ4n) is 4.15. The maximum Gasteiger partial charge on any atom is 0.255 e. The van der Waals surface area contributed by atoms with Crippen molar-refractivity contribution in [2.24, 2.45) is 0 Å². The smallest absolute Gasteiger partial charge is 0.255 e. The number of hydrogen-bond acceptors (Lipinski definition) is 3. The van der Waals surface area contributed by atoms with E-state index >= 15 is 0 Å². The summed E-state index contributed by atoms with van der Waals surface area (Å²) in [6, 6.07) is 15.0. The summed E-state index contributed by atoms with van der Waals surface area (Å²) in [5.74, 6) is -0.0994. The third-order valence-electron chi connectivity index (χ3n) is 5.88. The van der Waals surface area contributed by atoms with Gasteiger partial charge < -0.3 is 15.1 Å². The van der Waals surface area contributed by atoms with Gasteiger partial charge in [0.15, 0.2) is 0 Å². The lowest BCUT2D eigenvalue weighted by Gasteiger charge is -2.28. The van der Waals surface area contributed by atoms with E-state index in [-0.39, 0.29) is 11.8 Å². The second-order valence-electron chi connectivity index (χ2n) is 7.98. The largest absolute Gasteiger partial charge is 0.372 e. The summed E-state index contributed by atoms with van der Waals surface area (Å²) < 4.78 is 0. The number of hydrogen-bond donors (Lipinski definition) is 1. The summed E-state index contributed by atoms with van der Waals surface area (Å²) >= 11 is 0. The average molecular weight is 392 g/mol. The Balaban J connectivity index is 1.36. The predicted octanol–water partition coefficient (Wildman–Crippen LogP) is 4.56. The van der Waals surface area contributed by atoms with Gasteiger partial charge in [0.1, 0.15) is 0 Å². The van der Waals surface area contributed by atoms with Crippen LogP contribution in [-0.4, -0.2) is 42.9 Å². The van der Waals surface area contributed by atoms with Crippen molar-refractivity contribution < 1.29 is 9.59 Å². The lowest BCUT2D eigenvalue weighted by molar-refractivity contribution is 0.0724. The van der Waals surface area contributed by atoms with Crippen molar-refractivity contribution in [1.82, 2.24) is 4.90 Å². The Labute approximate surface area is 172 Å². The Bertz CT molecular complexity index is 833. The highest BCUT2D eigenvalue weighted by Crippen LogP contribution is 2.22. The van der Waals surface area contributed by atoms with E-state index in [1.54, 1.807) is 24.3 Å². The first-order valence-electron chi connectivity index (χ1n) is 10.8. The molecule has 2 aliphatic heterocycles. The number of carbonyl (C=O) groups is 2. The number of nitrogens with one attached hydrogen (secondary N) is 1. The van der Waals surface area contributed by atoms with Gasteiger partial charge in [0, 0.05) is 48.7 Å². The number of anilines is 2. The van der Waals surface area contributed by atoms with Crippen LogP contribution in [0.3, 0.4) is 0 Å². The average Bonchev–Trinajstić information content (AvgIpc) is 2.80. The second kappa shape index (κ2) is 9.12. The van der Waals surface area contributed by atoms with Crippen LogP contribution < -0.4 is 10.2 Å². The quantitative estimate of drug-likeness (QED) is 0.832. The molecule has 0 aliphatic carbocycles. The molecule has 29 heavy (non-hydrogen) atoms. The highest BCUT2D eigenvalue weighted by atomic mass is 16.2. The Kier molecular flexibility index (Phi) is 6.13. The Morgan fingerprint density at radius 1 is 0.655 bits per heavy atom. The number of carbonyl (C=O) groups excluding carboxylic acids is 2. The summed E-state index contributed by atoms with van der Waals surface area (Å²) in [4.78, 5) is 29.4. The minimum atomic E-state index is -0.160. The van der Waals surface area contributed by atoms with E-state index in [0.717, 1.165) is 44.7 Å². The van der Waals surface area contributed by atoms with Crippen molar-refractivity contribution in [2.75, 3.05) is 36.4 Å². The van der Waals surface area contributed by atoms with Gasteiger partial charge in [-0.25, -0.2) is 0 Å². The fourth-order valence-corrected chi connectivity index (χ4v) is 4.15. The Morgan fingerprint density at radius 2 is 1.21 bits per heavy atom. The third-order valence-corrected chi connectivity index (χ3v) is 5.88. The van der Waals surface area contributed by atoms with E-state index < -0.39 is 0 Å². The van der Waals surface area contributed by atoms with Crippen molar-refractivity contribution in [3.63, 3.8) is 0 Å². The molecule has 2 aromatic carbocycles. The maximum atomic E-state index is 12.6. The second-order valence-corrected chi connectivity index (χ2v) is 7.98. The van der Waals surface area contributed by atoms with E-state index in [2.05, 4.69) is 22.3 Å². The fraction of sp³-hybridized carbons (Fsp3) is 0.417. The maximum absolute atomic E-state index is 12.6. The van der Waals surface area contributed by atoms with Crippen LogP contribution in [0.25, 0.3) is 0 Å². The van der Waals surface area contributed by atoms with Crippen LogP contribution in [0.2, 0.25) is 0 Å². The molecule has 2 heterocycles. The van der Waals surface area contributed by atoms with Crippen molar-refractivity contribution >= 4 is 23.2 Å². The lowest BCUT2D eigenvalue weighted by atomic mass is 10.1. The van der Waals surface area contributed by atoms with Gasteiger partial charge in [0.2, 0.25) is 0 Å². The molecule has 1 N–H and O–H groups in total. The highest BCUT2D eigenvalue weighted by molar-refractivity contribution is 6.05. The third kappa shape index (κ3) is 4.78. The molecule has 0 radical (unpaired) electrons. The molecule has 0 saturated carbocycles. The van der Waals surface area contributed by atoms with E-state index in [0.29, 0.717) is 11.1 Å². The molecule has 2 aliphatic rings. The zero-order valence-electron chi connectivity index (χ0n) is 16.9. The summed E-state index contributed by atoms with van der Waals surface area (Å²) in [7, 11) is 0. The first-order chi connectivity index (χ1) is 14.2. The molecule has 0 atom stereocenters. The molecule has 0 bridgehead atoms. The Hall–Kier alpha value is -2.82. The van der Waals surface area contributed by atoms with Crippen LogP contribution in [-0.2, 0) is 0 Å². The predicted molar refractivity (Wildman–Crippen MR) is 117 cm³/mol. The lowest BCUT2D eigenvalue weighted by Crippen LogP contribution is -2.35. The highest BCUT2D eigenvalue weighted by Gasteiger charge is 2.18. The van der Waals surface area contributed by atoms with E-state index in [4.69, 9.17) is 0 Å². The van der Waals surface area contributed by atoms with Crippen LogP contribution in [0.4, 0.5) is 11.4 Å². The molecule has 2 fully saturated rings. The molecule has 5 nitrogen and oxygen atoms in total. The van der Waals surface area contributed by atoms with Gasteiger partial charge in [0.25, 0.3) is 11.8 Å². The van der Waals surface area contributed by atoms with Gasteiger partial charge in [-0.1, -0.05) is 0 Å². The molecule has 0 unspecified atom stereocenters. The molecule has 5 heteroatoms. The molecule has 2 amide bonds. The topological polar surface area (TPSA) is 52.7 Å². The normalized spacial score (nSPS) is 17.1. The molecule has 0 aromatic heterocycles. The van der Waals surface area contributed by atoms with E-state index in [1.807, 2.05) is 17.0 Å². The van der Waals surface area contributed by atoms with Crippen molar-refractivity contribution in [3.8, 4) is 0 Å². The van der Waals surface area contributed by atoms with Crippen molar-refractivity contribution in [2.45, 2.75) is 38.5 Å². The molecular weight excluding hydrogens is 362 g/mol. The summed E-state index contributed by atoms with van der Waals surface area (Å²) in [5, 5.41) is 2.95. The first kappa shape index (κ1) is 19.5. The van der Waals surface area contributed by atoms with Crippen LogP contribution in [0.1, 0.15) is 59.2 Å². The number of nitrogens with zero attached hydrogens (tertiary/aromatic N) is 2. The first-order valence-corrected chi connectivity index (χ1v) is 10.8. The SMILES string of the molecule is O=C(Nc1ccc(N2CCCCC2)cc1)c1ccc(C(=O)N2CCCCC2)cc1. The van der Waals surface area contributed by atoms with Gasteiger partial charge in [0.05, 0.1) is 0 Å². The molecule has 2 saturated heterocycles. The number of benzene rings is 2. The minimum Gasteiger partial charge on any atom is -0.372 e. The summed E-state index contributed by atoms with van der Waals surface area (Å²) in [5.41, 5.74) is 3.20. The number of likely N-dealkylation sites (tertiary alicyclic amines) is 1. The van der Waals surface area contributed by atoms with Gasteiger partial charge in [-0.2, -0.15) is 0 Å². The molecule has 2 aromatic rings. The van der Waals surface area contributed by atoms with Gasteiger partial charge in [-0.3, -0.25) is 9.59 Å². The summed E-state index contributed by atoms with van der Waals surface area (Å²) in [6.07, 6.45) is 7.14. The molecule has 0 spiro atoms. The minimum absolute atomic E-state index is 0.0601. The Morgan fingerprint density at radius 3 is 1.83 bits per heavy atom. The molecule has 4 rings (SSSR count). The summed E-state index contributed by atoms with van der Waals surface area (Å²) in [6.45, 7) is 3.87. The number of piperidine rings is 2. The van der Waals surface area contributed by atoms with Crippen LogP contribution >= 0.6 is 0 Å². The molecule has 152 valence electrons. The monoisotopic (exact) mass is 391 g/mol. The van der Waals surface area contributed by atoms with Crippen LogP contribution in [0.5, 0.6) is 0 Å². The van der Waals surface area contributed by atoms with Gasteiger partial charge >= 0.3 is 0 Å². The van der Waals surface area contributed by atoms with Crippen molar-refractivity contribution in [3.05, 3.63) is 59.7 Å². The van der Waals surface area contributed by atoms with E-state index in [9.17, 15) is 9.59 Å². The standard InChI is InChI=1S/C24H29N3O2/c28-23(25-21-11-13-22(14-12-21)26-15-3-1-4-16-26)19-7-9-20(10-8-19)24(29)27-17-5-2-6-18-27/h7-14H,1-6,15-18H2,(H,25,28). The van der Waals surface area contributed by atoms with Gasteiger partial charge in [-0.05, 0) is 87.1 Å². The van der Waals surface area contributed by atoms with Crippen LogP contribution in [0.15, 0.2) is 48.5 Å². The number of amides is 2. The molecular formula is C24H29N3O2. The number of rotatable bonds is 4. The zero-order valence-corrected chi connectivity index (χ0v) is 16.9. The van der Waals surface area contributed by atoms with E-state index in [1.165, 1.54) is 31.4 Å². The van der Waals surface area contributed by atoms with Crippen molar-refractivity contribution in [1.29, 1.82) is 0 Å². The zero-order chi connectivity index (χ0) is 20.1.